The van der Waals surface area contributed by atoms with E-state index in [1.807, 2.05) is 12.2 Å². The molecule has 0 aromatic heterocycles. The fourth-order valence-electron chi connectivity index (χ4n) is 1.30. The van der Waals surface area contributed by atoms with Crippen LogP contribution in [0.15, 0.2) is 48.3 Å². The van der Waals surface area contributed by atoms with Crippen LogP contribution < -0.4 is 5.73 Å². The van der Waals surface area contributed by atoms with Crippen LogP contribution in [0.4, 0.5) is 5.69 Å². The lowest BCUT2D eigenvalue weighted by Gasteiger charge is -2.04. The zero-order valence-electron chi connectivity index (χ0n) is 8.14. The van der Waals surface area contributed by atoms with Crippen LogP contribution in [0, 0.1) is 0 Å². The first kappa shape index (κ1) is 9.52. The maximum absolute atomic E-state index is 11.6. The number of hydrogen-bond donors (Lipinski definition) is 1. The van der Waals surface area contributed by atoms with Gasteiger partial charge in [0.05, 0.1) is 5.56 Å². The normalized spacial score (nSPS) is 13.7. The van der Waals surface area contributed by atoms with Crippen molar-refractivity contribution in [1.29, 1.82) is 0 Å². The van der Waals surface area contributed by atoms with E-state index in [2.05, 4.69) is 0 Å². The van der Waals surface area contributed by atoms with Crippen LogP contribution in [0.2, 0.25) is 0 Å². The number of rotatable bonds is 2. The maximum atomic E-state index is 11.6. The molecule has 15 heavy (non-hydrogen) atoms. The van der Waals surface area contributed by atoms with Crippen LogP contribution >= 0.6 is 0 Å². The molecule has 3 nitrogen and oxygen atoms in total. The summed E-state index contributed by atoms with van der Waals surface area (Å²) in [6, 6.07) is 6.66. The quantitative estimate of drug-likeness (QED) is 0.590. The van der Waals surface area contributed by atoms with Gasteiger partial charge in [-0.15, -0.1) is 0 Å². The van der Waals surface area contributed by atoms with Gasteiger partial charge in [0.2, 0.25) is 0 Å². The smallest absolute Gasteiger partial charge is 0.343 e. The third-order valence-electron chi connectivity index (χ3n) is 2.11. The van der Waals surface area contributed by atoms with Gasteiger partial charge < -0.3 is 10.5 Å². The van der Waals surface area contributed by atoms with Gasteiger partial charge >= 0.3 is 5.97 Å². The number of benzene rings is 1. The highest BCUT2D eigenvalue weighted by atomic mass is 16.5. The van der Waals surface area contributed by atoms with E-state index in [9.17, 15) is 4.79 Å². The lowest BCUT2D eigenvalue weighted by Crippen LogP contribution is -2.04. The van der Waals surface area contributed by atoms with Crippen LogP contribution in [0.5, 0.6) is 0 Å². The first-order valence-corrected chi connectivity index (χ1v) is 4.69. The fraction of sp³-hybridized carbons (Fsp3) is 0.0833. The molecule has 2 rings (SSSR count). The Morgan fingerprint density at radius 3 is 2.60 bits per heavy atom. The number of ether oxygens (including phenoxy) is 1. The second-order valence-corrected chi connectivity index (χ2v) is 3.28. The SMILES string of the molecule is Nc1ccc(C(=O)OC2=CC=CC2)cc1. The van der Waals surface area contributed by atoms with E-state index in [0.717, 1.165) is 0 Å². The van der Waals surface area contributed by atoms with Crippen molar-refractivity contribution in [2.45, 2.75) is 6.42 Å². The molecule has 1 aromatic carbocycles. The van der Waals surface area contributed by atoms with Crippen LogP contribution in [-0.2, 0) is 4.74 Å². The third-order valence-corrected chi connectivity index (χ3v) is 2.11. The Morgan fingerprint density at radius 2 is 2.00 bits per heavy atom. The predicted octanol–water partition coefficient (Wildman–Crippen LogP) is 2.27. The molecule has 0 bridgehead atoms. The standard InChI is InChI=1S/C12H11NO2/c13-10-7-5-9(6-8-10)12(14)15-11-3-1-2-4-11/h1-3,5-8H,4,13H2. The summed E-state index contributed by atoms with van der Waals surface area (Å²) in [5.41, 5.74) is 6.66. The van der Waals surface area contributed by atoms with Crippen molar-refractivity contribution >= 4 is 11.7 Å². The Kier molecular flexibility index (Phi) is 2.54. The number of hydrogen-bond acceptors (Lipinski definition) is 3. The number of allylic oxidation sites excluding steroid dienone is 3. The lowest BCUT2D eigenvalue weighted by molar-refractivity contribution is 0.0621. The molecule has 0 radical (unpaired) electrons. The molecular formula is C12H11NO2. The van der Waals surface area contributed by atoms with Gasteiger partial charge in [0.1, 0.15) is 5.76 Å². The van der Waals surface area contributed by atoms with Gasteiger partial charge in [-0.2, -0.15) is 0 Å². The maximum Gasteiger partial charge on any atom is 0.343 e. The van der Waals surface area contributed by atoms with Crippen molar-refractivity contribution in [2.24, 2.45) is 0 Å². The van der Waals surface area contributed by atoms with Gasteiger partial charge in [-0.05, 0) is 30.3 Å². The van der Waals surface area contributed by atoms with Crippen LogP contribution in [0.25, 0.3) is 0 Å². The highest BCUT2D eigenvalue weighted by molar-refractivity contribution is 5.90. The van der Waals surface area contributed by atoms with E-state index < -0.39 is 0 Å². The largest absolute Gasteiger partial charge is 0.427 e. The van der Waals surface area contributed by atoms with E-state index in [4.69, 9.17) is 10.5 Å². The first-order valence-electron chi connectivity index (χ1n) is 4.69. The van der Waals surface area contributed by atoms with Crippen LogP contribution in [0.3, 0.4) is 0 Å². The topological polar surface area (TPSA) is 52.3 Å². The molecule has 0 amide bonds. The summed E-state index contributed by atoms with van der Waals surface area (Å²) in [6.45, 7) is 0. The van der Waals surface area contributed by atoms with Gasteiger partial charge in [0.15, 0.2) is 0 Å². The molecule has 0 fully saturated rings. The molecule has 1 aliphatic carbocycles. The molecule has 0 saturated heterocycles. The molecule has 0 aliphatic heterocycles. The summed E-state index contributed by atoms with van der Waals surface area (Å²) in [4.78, 5) is 11.6. The highest BCUT2D eigenvalue weighted by Gasteiger charge is 2.10. The van der Waals surface area contributed by atoms with Crippen molar-refractivity contribution < 1.29 is 9.53 Å². The number of anilines is 1. The number of carbonyl (C=O) groups is 1. The minimum Gasteiger partial charge on any atom is -0.427 e. The summed E-state index contributed by atoms with van der Waals surface area (Å²) in [5.74, 6) is 0.335. The Bertz CT molecular complexity index is 429. The molecular weight excluding hydrogens is 190 g/mol. The molecule has 3 heteroatoms. The third kappa shape index (κ3) is 2.26. The monoisotopic (exact) mass is 201 g/mol. The zero-order chi connectivity index (χ0) is 10.7. The van der Waals surface area contributed by atoms with Crippen molar-refractivity contribution in [3.05, 3.63) is 53.8 Å². The van der Waals surface area contributed by atoms with Crippen molar-refractivity contribution in [3.63, 3.8) is 0 Å². The number of carbonyl (C=O) groups excluding carboxylic acids is 1. The molecule has 1 aromatic rings. The molecule has 76 valence electrons. The van der Waals surface area contributed by atoms with Crippen molar-refractivity contribution in [3.8, 4) is 0 Å². The molecule has 0 unspecified atom stereocenters. The summed E-state index contributed by atoms with van der Waals surface area (Å²) in [7, 11) is 0. The summed E-state index contributed by atoms with van der Waals surface area (Å²) in [6.07, 6.45) is 6.27. The average molecular weight is 201 g/mol. The molecule has 0 spiro atoms. The summed E-state index contributed by atoms with van der Waals surface area (Å²) in [5, 5.41) is 0. The Morgan fingerprint density at radius 1 is 1.27 bits per heavy atom. The highest BCUT2D eigenvalue weighted by Crippen LogP contribution is 2.15. The van der Waals surface area contributed by atoms with Crippen LogP contribution in [-0.4, -0.2) is 5.97 Å². The number of esters is 1. The van der Waals surface area contributed by atoms with Crippen molar-refractivity contribution in [1.82, 2.24) is 0 Å². The Hall–Kier alpha value is -2.03. The Balaban J connectivity index is 2.05. The van der Waals surface area contributed by atoms with Gasteiger partial charge in [0, 0.05) is 12.1 Å². The van der Waals surface area contributed by atoms with E-state index in [-0.39, 0.29) is 5.97 Å². The van der Waals surface area contributed by atoms with Gasteiger partial charge in [-0.25, -0.2) is 4.79 Å². The van der Waals surface area contributed by atoms with Gasteiger partial charge in [0.25, 0.3) is 0 Å². The number of nitrogen functional groups attached to an aromatic ring is 1. The Labute approximate surface area is 87.9 Å². The first-order chi connectivity index (χ1) is 7.25. The molecule has 2 N–H and O–H groups in total. The predicted molar refractivity (Wildman–Crippen MR) is 58.1 cm³/mol. The number of nitrogens with two attached hydrogens (primary N) is 1. The van der Waals surface area contributed by atoms with E-state index in [1.54, 1.807) is 30.3 Å². The molecule has 0 atom stereocenters. The summed E-state index contributed by atoms with van der Waals surface area (Å²) >= 11 is 0. The fourth-order valence-corrected chi connectivity index (χ4v) is 1.30. The molecule has 0 saturated carbocycles. The second kappa shape index (κ2) is 4.00. The van der Waals surface area contributed by atoms with E-state index in [0.29, 0.717) is 23.4 Å². The average Bonchev–Trinajstić information content (AvgIpc) is 2.71. The molecule has 0 heterocycles. The van der Waals surface area contributed by atoms with Gasteiger partial charge in [-0.3, -0.25) is 0 Å². The molecule has 1 aliphatic rings. The van der Waals surface area contributed by atoms with Crippen LogP contribution in [0.1, 0.15) is 16.8 Å². The van der Waals surface area contributed by atoms with E-state index in [1.165, 1.54) is 0 Å². The summed E-state index contributed by atoms with van der Waals surface area (Å²) < 4.78 is 5.16. The second-order valence-electron chi connectivity index (χ2n) is 3.28. The van der Waals surface area contributed by atoms with Gasteiger partial charge in [-0.1, -0.05) is 12.2 Å². The van der Waals surface area contributed by atoms with Crippen molar-refractivity contribution in [2.75, 3.05) is 5.73 Å². The minimum absolute atomic E-state index is 0.343. The van der Waals surface area contributed by atoms with E-state index >= 15 is 0 Å². The zero-order valence-corrected chi connectivity index (χ0v) is 8.14. The minimum atomic E-state index is -0.343. The lowest BCUT2D eigenvalue weighted by atomic mass is 10.2.